The predicted molar refractivity (Wildman–Crippen MR) is 96.6 cm³/mol. The van der Waals surface area contributed by atoms with Crippen LogP contribution in [-0.4, -0.2) is 24.5 Å². The fraction of sp³-hybridized carbons (Fsp3) is 0.188. The van der Waals surface area contributed by atoms with Crippen LogP contribution in [-0.2, 0) is 6.42 Å². The Balaban J connectivity index is 2.03. The fourth-order valence-corrected chi connectivity index (χ4v) is 4.02. The lowest BCUT2D eigenvalue weighted by molar-refractivity contribution is 0.112. The fourth-order valence-electron chi connectivity index (χ4n) is 2.49. The van der Waals surface area contributed by atoms with Crippen LogP contribution in [0.25, 0.3) is 4.91 Å². The summed E-state index contributed by atoms with van der Waals surface area (Å²) in [4.78, 5) is 16.9. The van der Waals surface area contributed by atoms with Crippen LogP contribution in [0.4, 0.5) is 5.82 Å². The van der Waals surface area contributed by atoms with Crippen molar-refractivity contribution in [1.82, 2.24) is 4.98 Å². The smallest absolute Gasteiger partial charge is 0.190 e. The molecule has 0 aromatic carbocycles. The van der Waals surface area contributed by atoms with Gasteiger partial charge in [-0.05, 0) is 36.1 Å². The van der Waals surface area contributed by atoms with Gasteiger partial charge in [0, 0.05) is 23.7 Å². The Bertz CT molecular complexity index is 794. The molecule has 5 nitrogen and oxygen atoms in total. The Labute approximate surface area is 143 Å². The third-order valence-corrected chi connectivity index (χ3v) is 5.22. The summed E-state index contributed by atoms with van der Waals surface area (Å²) in [6.07, 6.45) is 5.23. The van der Waals surface area contributed by atoms with Gasteiger partial charge in [-0.15, -0.1) is 12.6 Å². The lowest BCUT2D eigenvalue weighted by Crippen LogP contribution is -2.03. The van der Waals surface area contributed by atoms with Crippen molar-refractivity contribution >= 4 is 47.2 Å². The van der Waals surface area contributed by atoms with Crippen LogP contribution in [0.3, 0.4) is 0 Å². The third-order valence-electron chi connectivity index (χ3n) is 3.68. The van der Waals surface area contributed by atoms with Gasteiger partial charge in [-0.25, -0.2) is 4.98 Å². The molecular formula is C16H15N3O2S2. The number of thiol groups is 1. The van der Waals surface area contributed by atoms with Gasteiger partial charge in [-0.1, -0.05) is 11.3 Å². The molecule has 7 heteroatoms. The van der Waals surface area contributed by atoms with E-state index in [1.54, 1.807) is 13.2 Å². The number of hydrogen-bond acceptors (Lipinski definition) is 7. The molecule has 2 heterocycles. The van der Waals surface area contributed by atoms with Gasteiger partial charge in [0.2, 0.25) is 0 Å². The number of allylic oxidation sites excluding steroid dienone is 1. The topological polar surface area (TPSA) is 75.1 Å². The van der Waals surface area contributed by atoms with E-state index >= 15 is 0 Å². The van der Waals surface area contributed by atoms with Gasteiger partial charge < -0.3 is 15.5 Å². The van der Waals surface area contributed by atoms with E-state index in [0.29, 0.717) is 27.0 Å². The number of pyridine rings is 1. The first kappa shape index (κ1) is 15.8. The number of carbonyl (C=O) groups excluding carboxylic acids is 1. The van der Waals surface area contributed by atoms with Gasteiger partial charge in [0.15, 0.2) is 11.3 Å². The molecule has 0 bridgehead atoms. The predicted octanol–water partition coefficient (Wildman–Crippen LogP) is 4.03. The summed E-state index contributed by atoms with van der Waals surface area (Å²) in [5.41, 5.74) is 2.63. The van der Waals surface area contributed by atoms with Crippen molar-refractivity contribution in [3.05, 3.63) is 39.9 Å². The quantitative estimate of drug-likeness (QED) is 0.434. The zero-order valence-electron chi connectivity index (χ0n) is 12.4. The molecule has 0 saturated carbocycles. The number of carbonyl (C=O) groups is 1. The molecule has 0 aliphatic heterocycles. The number of nitrogens with one attached hydrogen (secondary N) is 2. The average molecular weight is 345 g/mol. The number of aldehydes is 1. The number of ether oxygens (including phenoxy) is 1. The number of rotatable bonds is 5. The summed E-state index contributed by atoms with van der Waals surface area (Å²) < 4.78 is 5.93. The number of aromatic nitrogens is 1. The maximum atomic E-state index is 11.3. The average Bonchev–Trinajstić information content (AvgIpc) is 2.94. The van der Waals surface area contributed by atoms with Crippen LogP contribution in [0.5, 0.6) is 10.8 Å². The second-order valence-electron chi connectivity index (χ2n) is 4.97. The molecule has 0 unspecified atom stereocenters. The highest BCUT2D eigenvalue weighted by molar-refractivity contribution is 7.90. The monoisotopic (exact) mass is 345 g/mol. The van der Waals surface area contributed by atoms with Crippen molar-refractivity contribution in [2.45, 2.75) is 12.8 Å². The summed E-state index contributed by atoms with van der Waals surface area (Å²) in [5.74, 6) is 1.34. The summed E-state index contributed by atoms with van der Waals surface area (Å²) in [7, 11) is 1.80. The van der Waals surface area contributed by atoms with Gasteiger partial charge in [-0.2, -0.15) is 0 Å². The molecule has 2 aromatic rings. The molecular weight excluding hydrogens is 330 g/mol. The minimum atomic E-state index is 0.591. The van der Waals surface area contributed by atoms with E-state index in [1.807, 2.05) is 12.1 Å². The van der Waals surface area contributed by atoms with Gasteiger partial charge in [-0.3, -0.25) is 4.79 Å². The molecule has 0 saturated heterocycles. The van der Waals surface area contributed by atoms with Crippen LogP contribution < -0.4 is 10.1 Å². The van der Waals surface area contributed by atoms with Gasteiger partial charge in [0.1, 0.15) is 11.6 Å². The summed E-state index contributed by atoms with van der Waals surface area (Å²) in [5, 5.41) is 11.1. The SMILES string of the molecule is CNc1ccc(Oc2sc(C=O)c3c2C(S)=C(C=N)CC3)cn1. The zero-order valence-corrected chi connectivity index (χ0v) is 14.1. The van der Waals surface area contributed by atoms with E-state index in [0.717, 1.165) is 35.2 Å². The maximum absolute atomic E-state index is 11.3. The van der Waals surface area contributed by atoms with E-state index in [-0.39, 0.29) is 0 Å². The Kier molecular flexibility index (Phi) is 4.49. The Morgan fingerprint density at radius 1 is 1.43 bits per heavy atom. The first-order chi connectivity index (χ1) is 11.2. The number of nitrogens with zero attached hydrogens (tertiary/aromatic N) is 1. The highest BCUT2D eigenvalue weighted by Gasteiger charge is 2.26. The van der Waals surface area contributed by atoms with Crippen LogP contribution in [0.2, 0.25) is 0 Å². The van der Waals surface area contributed by atoms with Crippen molar-refractivity contribution in [1.29, 1.82) is 5.41 Å². The van der Waals surface area contributed by atoms with Crippen LogP contribution in [0.1, 0.15) is 27.2 Å². The van der Waals surface area contributed by atoms with Gasteiger partial charge >= 0.3 is 0 Å². The molecule has 0 spiro atoms. The molecule has 23 heavy (non-hydrogen) atoms. The van der Waals surface area contributed by atoms with E-state index in [9.17, 15) is 4.79 Å². The molecule has 0 amide bonds. The van der Waals surface area contributed by atoms with E-state index in [2.05, 4.69) is 22.9 Å². The van der Waals surface area contributed by atoms with Crippen LogP contribution >= 0.6 is 24.0 Å². The Morgan fingerprint density at radius 2 is 2.26 bits per heavy atom. The first-order valence-electron chi connectivity index (χ1n) is 7.03. The highest BCUT2D eigenvalue weighted by Crippen LogP contribution is 2.46. The molecule has 1 aliphatic carbocycles. The standard InChI is InChI=1S/C16H15N3O2S2/c1-18-13-5-3-10(7-19-13)21-16-14-11(12(8-20)23-16)4-2-9(6-17)15(14)22/h3,5-8,17,22H,2,4H2,1H3,(H,18,19). The minimum Gasteiger partial charge on any atom is -0.444 e. The minimum absolute atomic E-state index is 0.591. The molecule has 2 N–H and O–H groups in total. The molecule has 0 atom stereocenters. The molecule has 3 rings (SSSR count). The van der Waals surface area contributed by atoms with Crippen molar-refractivity contribution in [3.8, 4) is 10.8 Å². The largest absolute Gasteiger partial charge is 0.444 e. The van der Waals surface area contributed by atoms with Crippen molar-refractivity contribution < 1.29 is 9.53 Å². The van der Waals surface area contributed by atoms with E-state index in [1.165, 1.54) is 17.6 Å². The number of thiophene rings is 1. The Morgan fingerprint density at radius 3 is 2.87 bits per heavy atom. The van der Waals surface area contributed by atoms with Crippen molar-refractivity contribution in [3.63, 3.8) is 0 Å². The van der Waals surface area contributed by atoms with E-state index < -0.39 is 0 Å². The molecule has 2 aromatic heterocycles. The lowest BCUT2D eigenvalue weighted by Gasteiger charge is -2.16. The zero-order chi connectivity index (χ0) is 16.4. The molecule has 1 aliphatic rings. The van der Waals surface area contributed by atoms with Crippen molar-refractivity contribution in [2.24, 2.45) is 0 Å². The molecule has 0 fully saturated rings. The van der Waals surface area contributed by atoms with Gasteiger partial charge in [0.05, 0.1) is 11.1 Å². The van der Waals surface area contributed by atoms with E-state index in [4.69, 9.17) is 10.1 Å². The lowest BCUT2D eigenvalue weighted by atomic mass is 9.94. The summed E-state index contributed by atoms with van der Waals surface area (Å²) >= 11 is 5.85. The molecule has 118 valence electrons. The van der Waals surface area contributed by atoms with Crippen LogP contribution in [0, 0.1) is 5.41 Å². The highest BCUT2D eigenvalue weighted by atomic mass is 32.1. The van der Waals surface area contributed by atoms with Gasteiger partial charge in [0.25, 0.3) is 0 Å². The second kappa shape index (κ2) is 6.55. The second-order valence-corrected chi connectivity index (χ2v) is 6.44. The van der Waals surface area contributed by atoms with Crippen LogP contribution in [0.15, 0.2) is 23.9 Å². The number of anilines is 1. The first-order valence-corrected chi connectivity index (χ1v) is 8.29. The Hall–Kier alpha value is -2.12. The molecule has 0 radical (unpaired) electrons. The summed E-state index contributed by atoms with van der Waals surface area (Å²) in [6, 6.07) is 3.63. The summed E-state index contributed by atoms with van der Waals surface area (Å²) in [6.45, 7) is 0. The third kappa shape index (κ3) is 2.89. The normalized spacial score (nSPS) is 13.5. The maximum Gasteiger partial charge on any atom is 0.190 e. The number of fused-ring (bicyclic) bond motifs is 1. The van der Waals surface area contributed by atoms with Crippen molar-refractivity contribution in [2.75, 3.05) is 12.4 Å². The number of hydrogen-bond donors (Lipinski definition) is 3.